The lowest BCUT2D eigenvalue weighted by atomic mass is 10.1. The molecule has 0 aromatic heterocycles. The highest BCUT2D eigenvalue weighted by Crippen LogP contribution is 2.29. The van der Waals surface area contributed by atoms with Gasteiger partial charge in [0.1, 0.15) is 6.04 Å². The Kier molecular flexibility index (Phi) is 7.66. The zero-order valence-electron chi connectivity index (χ0n) is 16.6. The van der Waals surface area contributed by atoms with Gasteiger partial charge in [-0.1, -0.05) is 0 Å². The minimum Gasteiger partial charge on any atom is -0.490 e. The summed E-state index contributed by atoms with van der Waals surface area (Å²) in [4.78, 5) is 38.9. The van der Waals surface area contributed by atoms with E-state index in [1.165, 1.54) is 26.1 Å². The number of hydrogen-bond donors (Lipinski definition) is 1. The first kappa shape index (κ1) is 21.5. The maximum absolute atomic E-state index is 12.5. The molecule has 1 aromatic rings. The molecule has 154 valence electrons. The molecule has 0 radical (unpaired) electrons. The summed E-state index contributed by atoms with van der Waals surface area (Å²) in [7, 11) is 1.43. The lowest BCUT2D eigenvalue weighted by Gasteiger charge is -2.26. The first-order chi connectivity index (χ1) is 13.3. The lowest BCUT2D eigenvalue weighted by molar-refractivity contribution is -0.141. The van der Waals surface area contributed by atoms with Crippen molar-refractivity contribution < 1.29 is 29.0 Å². The van der Waals surface area contributed by atoms with Crippen LogP contribution in [0.3, 0.4) is 0 Å². The Morgan fingerprint density at radius 2 is 1.82 bits per heavy atom. The molecule has 8 heteroatoms. The van der Waals surface area contributed by atoms with E-state index in [4.69, 9.17) is 14.6 Å². The summed E-state index contributed by atoms with van der Waals surface area (Å²) >= 11 is 0. The number of carbonyl (C=O) groups is 3. The maximum Gasteiger partial charge on any atom is 0.326 e. The summed E-state index contributed by atoms with van der Waals surface area (Å²) in [6.45, 7) is 5.01. The van der Waals surface area contributed by atoms with Crippen LogP contribution in [0.15, 0.2) is 18.2 Å². The number of rotatable bonds is 8. The van der Waals surface area contributed by atoms with E-state index in [0.29, 0.717) is 18.1 Å². The number of hydrogen-bond acceptors (Lipinski definition) is 5. The van der Waals surface area contributed by atoms with Gasteiger partial charge in [-0.25, -0.2) is 4.79 Å². The van der Waals surface area contributed by atoms with Crippen LogP contribution < -0.4 is 9.47 Å². The van der Waals surface area contributed by atoms with E-state index in [1.54, 1.807) is 17.9 Å². The third-order valence-corrected chi connectivity index (χ3v) is 4.81. The van der Waals surface area contributed by atoms with Crippen LogP contribution in [0.2, 0.25) is 0 Å². The number of likely N-dealkylation sites (tertiary alicyclic amines) is 1. The molecule has 28 heavy (non-hydrogen) atoms. The number of piperidine rings is 1. The number of aliphatic carboxylic acids is 1. The summed E-state index contributed by atoms with van der Waals surface area (Å²) in [5, 5.41) is 9.09. The average molecular weight is 392 g/mol. The number of ether oxygens (including phenoxy) is 2. The molecule has 1 aromatic carbocycles. The predicted molar refractivity (Wildman–Crippen MR) is 103 cm³/mol. The van der Waals surface area contributed by atoms with Gasteiger partial charge in [0.05, 0.1) is 6.61 Å². The molecule has 0 spiro atoms. The molecule has 1 aliphatic heterocycles. The highest BCUT2D eigenvalue weighted by atomic mass is 16.5. The summed E-state index contributed by atoms with van der Waals surface area (Å²) in [5.74, 6) is -0.880. The number of carboxylic acid groups (broad SMARTS) is 1. The molecule has 1 N–H and O–H groups in total. The van der Waals surface area contributed by atoms with Crippen molar-refractivity contribution in [1.29, 1.82) is 0 Å². The van der Waals surface area contributed by atoms with Crippen molar-refractivity contribution in [2.75, 3.05) is 33.4 Å². The van der Waals surface area contributed by atoms with Gasteiger partial charge in [-0.2, -0.15) is 0 Å². The van der Waals surface area contributed by atoms with Crippen LogP contribution >= 0.6 is 0 Å². The smallest absolute Gasteiger partial charge is 0.326 e. The fourth-order valence-electron chi connectivity index (χ4n) is 2.95. The molecular weight excluding hydrogens is 364 g/mol. The standard InChI is InChI=1S/C20H28N2O6/c1-4-27-17-12-15(19(24)21(3)14(2)20(25)26)8-9-16(17)28-13-18(23)22-10-6-5-7-11-22/h8-9,12,14H,4-7,10-11,13H2,1-3H3,(H,25,26)/t14-/m1/s1. The normalized spacial score (nSPS) is 14.9. The number of amides is 2. The molecule has 2 amide bonds. The van der Waals surface area contributed by atoms with Crippen LogP contribution in [-0.2, 0) is 9.59 Å². The predicted octanol–water partition coefficient (Wildman–Crippen LogP) is 2.02. The Bertz CT molecular complexity index is 715. The largest absolute Gasteiger partial charge is 0.490 e. The Morgan fingerprint density at radius 1 is 1.14 bits per heavy atom. The van der Waals surface area contributed by atoms with Crippen molar-refractivity contribution in [3.8, 4) is 11.5 Å². The van der Waals surface area contributed by atoms with Gasteiger partial charge in [-0.05, 0) is 51.3 Å². The van der Waals surface area contributed by atoms with Crippen LogP contribution in [0, 0.1) is 0 Å². The van der Waals surface area contributed by atoms with Crippen molar-refractivity contribution >= 4 is 17.8 Å². The van der Waals surface area contributed by atoms with Gasteiger partial charge in [-0.15, -0.1) is 0 Å². The Morgan fingerprint density at radius 3 is 2.43 bits per heavy atom. The van der Waals surface area contributed by atoms with Crippen LogP contribution in [0.4, 0.5) is 0 Å². The average Bonchev–Trinajstić information content (AvgIpc) is 2.71. The zero-order valence-corrected chi connectivity index (χ0v) is 16.6. The second-order valence-corrected chi connectivity index (χ2v) is 6.75. The van der Waals surface area contributed by atoms with Crippen molar-refractivity contribution in [3.63, 3.8) is 0 Å². The fraction of sp³-hybridized carbons (Fsp3) is 0.550. The lowest BCUT2D eigenvalue weighted by Crippen LogP contribution is -2.40. The van der Waals surface area contributed by atoms with E-state index < -0.39 is 17.9 Å². The molecule has 1 heterocycles. The van der Waals surface area contributed by atoms with E-state index in [1.807, 2.05) is 0 Å². The first-order valence-corrected chi connectivity index (χ1v) is 9.52. The molecule has 1 atom stereocenters. The molecule has 0 saturated carbocycles. The highest BCUT2D eigenvalue weighted by Gasteiger charge is 2.24. The number of nitrogens with zero attached hydrogens (tertiary/aromatic N) is 2. The topological polar surface area (TPSA) is 96.4 Å². The quantitative estimate of drug-likeness (QED) is 0.727. The molecule has 0 aliphatic carbocycles. The summed E-state index contributed by atoms with van der Waals surface area (Å²) < 4.78 is 11.2. The number of likely N-dealkylation sites (N-methyl/N-ethyl adjacent to an activating group) is 1. The molecule has 2 rings (SSSR count). The zero-order chi connectivity index (χ0) is 20.7. The Hall–Kier alpha value is -2.77. The van der Waals surface area contributed by atoms with Crippen LogP contribution in [0.25, 0.3) is 0 Å². The van der Waals surface area contributed by atoms with Gasteiger partial charge in [0, 0.05) is 25.7 Å². The van der Waals surface area contributed by atoms with Crippen molar-refractivity contribution in [1.82, 2.24) is 9.80 Å². The number of carboxylic acids is 1. The second-order valence-electron chi connectivity index (χ2n) is 6.75. The molecule has 0 unspecified atom stereocenters. The minimum absolute atomic E-state index is 0.0719. The maximum atomic E-state index is 12.5. The van der Waals surface area contributed by atoms with Crippen LogP contribution in [0.5, 0.6) is 11.5 Å². The Balaban J connectivity index is 2.10. The summed E-state index contributed by atoms with van der Waals surface area (Å²) in [6, 6.07) is 3.66. The van der Waals surface area contributed by atoms with Crippen molar-refractivity contribution in [2.24, 2.45) is 0 Å². The summed E-state index contributed by atoms with van der Waals surface area (Å²) in [5.41, 5.74) is 0.286. The fourth-order valence-corrected chi connectivity index (χ4v) is 2.95. The van der Waals surface area contributed by atoms with Gasteiger partial charge in [0.25, 0.3) is 11.8 Å². The van der Waals surface area contributed by atoms with E-state index in [9.17, 15) is 14.4 Å². The van der Waals surface area contributed by atoms with Gasteiger partial charge < -0.3 is 24.4 Å². The molecule has 1 fully saturated rings. The molecular formula is C20H28N2O6. The Labute approximate surface area is 165 Å². The molecule has 1 saturated heterocycles. The number of carbonyl (C=O) groups excluding carboxylic acids is 2. The number of benzene rings is 1. The van der Waals surface area contributed by atoms with Gasteiger partial charge >= 0.3 is 5.97 Å². The van der Waals surface area contributed by atoms with Crippen molar-refractivity contribution in [2.45, 2.75) is 39.2 Å². The molecule has 0 bridgehead atoms. The summed E-state index contributed by atoms with van der Waals surface area (Å²) in [6.07, 6.45) is 3.16. The minimum atomic E-state index is -1.09. The molecule has 1 aliphatic rings. The highest BCUT2D eigenvalue weighted by molar-refractivity contribution is 5.97. The first-order valence-electron chi connectivity index (χ1n) is 9.52. The van der Waals surface area contributed by atoms with E-state index in [2.05, 4.69) is 0 Å². The van der Waals surface area contributed by atoms with E-state index >= 15 is 0 Å². The van der Waals surface area contributed by atoms with E-state index in [0.717, 1.165) is 37.3 Å². The third kappa shape index (κ3) is 5.37. The monoisotopic (exact) mass is 392 g/mol. The van der Waals surface area contributed by atoms with Crippen LogP contribution in [0.1, 0.15) is 43.5 Å². The molecule has 8 nitrogen and oxygen atoms in total. The van der Waals surface area contributed by atoms with Gasteiger partial charge in [0.2, 0.25) is 0 Å². The third-order valence-electron chi connectivity index (χ3n) is 4.81. The van der Waals surface area contributed by atoms with Gasteiger partial charge in [-0.3, -0.25) is 9.59 Å². The van der Waals surface area contributed by atoms with Crippen molar-refractivity contribution in [3.05, 3.63) is 23.8 Å². The van der Waals surface area contributed by atoms with Crippen LogP contribution in [-0.4, -0.2) is 72.1 Å². The van der Waals surface area contributed by atoms with E-state index in [-0.39, 0.29) is 18.1 Å². The SMILES string of the molecule is CCOc1cc(C(=O)N(C)[C@H](C)C(=O)O)ccc1OCC(=O)N1CCCCC1. The van der Waals surface area contributed by atoms with Gasteiger partial charge in [0.15, 0.2) is 18.1 Å². The second kappa shape index (κ2) is 9.96.